The van der Waals surface area contributed by atoms with Crippen LogP contribution in [-0.2, 0) is 19.5 Å². The van der Waals surface area contributed by atoms with Gasteiger partial charge in [0.1, 0.15) is 0 Å². The summed E-state index contributed by atoms with van der Waals surface area (Å²) >= 11 is 6.53. The number of nitrogens with zero attached hydrogens (tertiary/aromatic N) is 3. The molecule has 114 valence electrons. The van der Waals surface area contributed by atoms with Crippen LogP contribution < -0.4 is 5.32 Å². The topological polar surface area (TPSA) is 33.1 Å². The molecule has 1 aromatic heterocycles. The molecule has 1 N–H and O–H groups in total. The summed E-state index contributed by atoms with van der Waals surface area (Å²) in [5.41, 5.74) is 2.32. The van der Waals surface area contributed by atoms with Gasteiger partial charge in [0, 0.05) is 37.8 Å². The molecule has 20 heavy (non-hydrogen) atoms. The first-order chi connectivity index (χ1) is 9.39. The summed E-state index contributed by atoms with van der Waals surface area (Å²) in [6.07, 6.45) is 0.889. The van der Waals surface area contributed by atoms with E-state index in [1.165, 1.54) is 0 Å². The Morgan fingerprint density at radius 2 is 2.10 bits per heavy atom. The molecule has 0 amide bonds. The zero-order valence-electron chi connectivity index (χ0n) is 13.3. The Labute approximate surface area is 127 Å². The van der Waals surface area contributed by atoms with Crippen molar-refractivity contribution in [2.45, 2.75) is 65.7 Å². The number of hydrogen-bond acceptors (Lipinski definition) is 3. The van der Waals surface area contributed by atoms with Crippen molar-refractivity contribution in [3.05, 3.63) is 16.4 Å². The van der Waals surface area contributed by atoms with Crippen LogP contribution in [0.15, 0.2) is 0 Å². The van der Waals surface area contributed by atoms with Gasteiger partial charge in [0.2, 0.25) is 0 Å². The van der Waals surface area contributed by atoms with Crippen molar-refractivity contribution in [2.75, 3.05) is 13.1 Å². The van der Waals surface area contributed by atoms with Crippen LogP contribution in [0.1, 0.15) is 46.0 Å². The normalized spacial score (nSPS) is 23.2. The Bertz CT molecular complexity index is 467. The van der Waals surface area contributed by atoms with Crippen molar-refractivity contribution in [1.82, 2.24) is 20.0 Å². The van der Waals surface area contributed by atoms with E-state index < -0.39 is 0 Å². The first kappa shape index (κ1) is 15.8. The third kappa shape index (κ3) is 3.02. The lowest BCUT2D eigenvalue weighted by Gasteiger charge is -2.45. The van der Waals surface area contributed by atoms with E-state index >= 15 is 0 Å². The molecule has 2 rings (SSSR count). The van der Waals surface area contributed by atoms with Gasteiger partial charge in [-0.25, -0.2) is 0 Å². The number of aromatic nitrogens is 2. The molecule has 0 spiro atoms. The minimum Gasteiger partial charge on any atom is -0.311 e. The molecule has 5 heteroatoms. The molecule has 1 unspecified atom stereocenters. The monoisotopic (exact) mass is 298 g/mol. The second-order valence-electron chi connectivity index (χ2n) is 6.35. The second kappa shape index (κ2) is 6.04. The summed E-state index contributed by atoms with van der Waals surface area (Å²) in [6.45, 7) is 14.8. The summed E-state index contributed by atoms with van der Waals surface area (Å²) in [5.74, 6) is 0. The maximum Gasteiger partial charge on any atom is 0.0863 e. The summed E-state index contributed by atoms with van der Waals surface area (Å²) in [7, 11) is 0. The van der Waals surface area contributed by atoms with Crippen LogP contribution in [0.3, 0.4) is 0 Å². The average Bonchev–Trinajstić information content (AvgIpc) is 2.71. The van der Waals surface area contributed by atoms with Gasteiger partial charge in [-0.15, -0.1) is 0 Å². The van der Waals surface area contributed by atoms with Gasteiger partial charge < -0.3 is 5.32 Å². The van der Waals surface area contributed by atoms with Gasteiger partial charge >= 0.3 is 0 Å². The van der Waals surface area contributed by atoms with E-state index in [1.807, 2.05) is 0 Å². The number of aryl methyl sites for hydroxylation is 2. The molecule has 1 aliphatic rings. The van der Waals surface area contributed by atoms with Gasteiger partial charge in [-0.2, -0.15) is 5.10 Å². The summed E-state index contributed by atoms with van der Waals surface area (Å²) in [6, 6.07) is 0.519. The van der Waals surface area contributed by atoms with E-state index in [-0.39, 0.29) is 5.54 Å². The maximum absolute atomic E-state index is 6.53. The van der Waals surface area contributed by atoms with E-state index in [0.717, 1.165) is 49.0 Å². The minimum atomic E-state index is 0.144. The van der Waals surface area contributed by atoms with E-state index in [9.17, 15) is 0 Å². The third-order valence-corrected chi connectivity index (χ3v) is 4.70. The molecule has 4 nitrogen and oxygen atoms in total. The zero-order chi connectivity index (χ0) is 14.9. The predicted octanol–water partition coefficient (Wildman–Crippen LogP) is 2.69. The van der Waals surface area contributed by atoms with Gasteiger partial charge in [-0.05, 0) is 34.1 Å². The lowest BCUT2D eigenvalue weighted by atomic mass is 9.97. The van der Waals surface area contributed by atoms with Crippen LogP contribution in [-0.4, -0.2) is 39.4 Å². The Balaban J connectivity index is 2.26. The van der Waals surface area contributed by atoms with Crippen molar-refractivity contribution in [3.8, 4) is 0 Å². The van der Waals surface area contributed by atoms with Gasteiger partial charge in [-0.3, -0.25) is 9.58 Å². The van der Waals surface area contributed by atoms with Gasteiger partial charge in [0.05, 0.1) is 16.4 Å². The molecule has 1 aromatic rings. The van der Waals surface area contributed by atoms with Crippen molar-refractivity contribution in [2.24, 2.45) is 0 Å². The first-order valence-electron chi connectivity index (χ1n) is 7.61. The Hall–Kier alpha value is -0.580. The van der Waals surface area contributed by atoms with Crippen LogP contribution in [0.25, 0.3) is 0 Å². The predicted molar refractivity (Wildman–Crippen MR) is 84.2 cm³/mol. The fourth-order valence-electron chi connectivity index (χ4n) is 2.81. The SMILES string of the molecule is CCc1nn(CC)c(CN2CC(C)NCC2(C)C)c1Cl. The molecule has 0 bridgehead atoms. The Kier molecular flexibility index (Phi) is 4.77. The molecule has 1 atom stereocenters. The largest absolute Gasteiger partial charge is 0.311 e. The molecule has 0 aliphatic carbocycles. The molecule has 2 heterocycles. The van der Waals surface area contributed by atoms with Crippen LogP contribution in [0, 0.1) is 0 Å². The Morgan fingerprint density at radius 1 is 1.40 bits per heavy atom. The van der Waals surface area contributed by atoms with E-state index in [4.69, 9.17) is 11.6 Å². The average molecular weight is 299 g/mol. The Morgan fingerprint density at radius 3 is 2.70 bits per heavy atom. The lowest BCUT2D eigenvalue weighted by molar-refractivity contribution is 0.0601. The van der Waals surface area contributed by atoms with Crippen LogP contribution in [0.2, 0.25) is 5.02 Å². The zero-order valence-corrected chi connectivity index (χ0v) is 14.1. The molecule has 0 aromatic carbocycles. The fourth-order valence-corrected chi connectivity index (χ4v) is 3.13. The summed E-state index contributed by atoms with van der Waals surface area (Å²) in [4.78, 5) is 2.52. The minimum absolute atomic E-state index is 0.144. The smallest absolute Gasteiger partial charge is 0.0863 e. The molecule has 1 fully saturated rings. The van der Waals surface area contributed by atoms with Crippen molar-refractivity contribution >= 4 is 11.6 Å². The number of piperazine rings is 1. The highest BCUT2D eigenvalue weighted by Gasteiger charge is 2.33. The van der Waals surface area contributed by atoms with E-state index in [1.54, 1.807) is 0 Å². The third-order valence-electron chi connectivity index (χ3n) is 4.27. The van der Waals surface area contributed by atoms with Gasteiger partial charge in [-0.1, -0.05) is 18.5 Å². The van der Waals surface area contributed by atoms with Gasteiger partial charge in [0.15, 0.2) is 0 Å². The quantitative estimate of drug-likeness (QED) is 0.928. The van der Waals surface area contributed by atoms with Crippen LogP contribution in [0.4, 0.5) is 0 Å². The highest BCUT2D eigenvalue weighted by atomic mass is 35.5. The maximum atomic E-state index is 6.53. The molecule has 0 radical (unpaired) electrons. The number of hydrogen-bond donors (Lipinski definition) is 1. The molecular formula is C15H27ClN4. The van der Waals surface area contributed by atoms with Gasteiger partial charge in [0.25, 0.3) is 0 Å². The van der Waals surface area contributed by atoms with Crippen molar-refractivity contribution < 1.29 is 0 Å². The second-order valence-corrected chi connectivity index (χ2v) is 6.73. The van der Waals surface area contributed by atoms with Crippen LogP contribution >= 0.6 is 11.6 Å². The van der Waals surface area contributed by atoms with Crippen LogP contribution in [0.5, 0.6) is 0 Å². The molecular weight excluding hydrogens is 272 g/mol. The summed E-state index contributed by atoms with van der Waals surface area (Å²) in [5, 5.41) is 9.03. The van der Waals surface area contributed by atoms with Crippen molar-refractivity contribution in [3.63, 3.8) is 0 Å². The first-order valence-corrected chi connectivity index (χ1v) is 7.99. The number of rotatable bonds is 4. The summed E-state index contributed by atoms with van der Waals surface area (Å²) < 4.78 is 2.06. The molecule has 1 aliphatic heterocycles. The lowest BCUT2D eigenvalue weighted by Crippen LogP contribution is -2.60. The van der Waals surface area contributed by atoms with E-state index in [0.29, 0.717) is 6.04 Å². The standard InChI is InChI=1S/C15H27ClN4/c1-6-12-14(16)13(20(7-2)18-12)9-19-8-11(3)17-10-15(19,4)5/h11,17H,6-10H2,1-5H3. The van der Waals surface area contributed by atoms with Crippen molar-refractivity contribution in [1.29, 1.82) is 0 Å². The molecule has 0 saturated carbocycles. The highest BCUT2D eigenvalue weighted by molar-refractivity contribution is 6.31. The van der Waals surface area contributed by atoms with E-state index in [2.05, 4.69) is 54.6 Å². The fraction of sp³-hybridized carbons (Fsp3) is 0.800. The highest BCUT2D eigenvalue weighted by Crippen LogP contribution is 2.27. The number of halogens is 1. The molecule has 1 saturated heterocycles. The number of nitrogens with one attached hydrogen (secondary N) is 1.